The molecule has 3 fully saturated rings. The highest BCUT2D eigenvalue weighted by Crippen LogP contribution is 2.57. The molecule has 0 bridgehead atoms. The first kappa shape index (κ1) is 12.0. The van der Waals surface area contributed by atoms with Crippen LogP contribution in [0, 0.1) is 23.7 Å². The fourth-order valence-electron chi connectivity index (χ4n) is 4.61. The molecule has 4 unspecified atom stereocenters. The maximum atomic E-state index is 6.58. The van der Waals surface area contributed by atoms with E-state index in [1.165, 1.54) is 19.3 Å². The molecule has 2 aliphatic carbocycles. The second-order valence-electron chi connectivity index (χ2n) is 7.84. The summed E-state index contributed by atoms with van der Waals surface area (Å²) >= 11 is 0. The Morgan fingerprint density at radius 2 is 1.65 bits per heavy atom. The van der Waals surface area contributed by atoms with Crippen LogP contribution < -0.4 is 5.73 Å². The average Bonchev–Trinajstić information content (AvgIpc) is 2.70. The van der Waals surface area contributed by atoms with Gasteiger partial charge in [0, 0.05) is 12.0 Å². The minimum absolute atomic E-state index is 0.00725. The summed E-state index contributed by atoms with van der Waals surface area (Å²) in [4.78, 5) is 0. The minimum atomic E-state index is -0.0459. The molecule has 1 heterocycles. The van der Waals surface area contributed by atoms with Gasteiger partial charge in [0.15, 0.2) is 0 Å². The molecule has 1 saturated heterocycles. The monoisotopic (exact) mass is 237 g/mol. The van der Waals surface area contributed by atoms with Gasteiger partial charge in [-0.05, 0) is 71.1 Å². The molecule has 3 aliphatic rings. The summed E-state index contributed by atoms with van der Waals surface area (Å²) in [5.41, 5.74) is 6.55. The molecular weight excluding hydrogens is 210 g/mol. The molecule has 2 nitrogen and oxygen atoms in total. The smallest absolute Gasteiger partial charge is 0.0677 e. The van der Waals surface area contributed by atoms with Gasteiger partial charge in [-0.15, -0.1) is 0 Å². The summed E-state index contributed by atoms with van der Waals surface area (Å²) in [5.74, 6) is 3.36. The number of hydrogen-bond acceptors (Lipinski definition) is 2. The summed E-state index contributed by atoms with van der Waals surface area (Å²) in [7, 11) is 0. The Morgan fingerprint density at radius 1 is 1.06 bits per heavy atom. The lowest BCUT2D eigenvalue weighted by atomic mass is 9.76. The second-order valence-corrected chi connectivity index (χ2v) is 7.84. The van der Waals surface area contributed by atoms with Gasteiger partial charge in [0.1, 0.15) is 0 Å². The van der Waals surface area contributed by atoms with Gasteiger partial charge in [0.05, 0.1) is 11.2 Å². The van der Waals surface area contributed by atoms with Crippen LogP contribution in [0.25, 0.3) is 0 Å². The summed E-state index contributed by atoms with van der Waals surface area (Å²) in [5, 5.41) is 0. The van der Waals surface area contributed by atoms with Crippen molar-refractivity contribution in [2.24, 2.45) is 29.4 Å². The van der Waals surface area contributed by atoms with E-state index in [0.717, 1.165) is 24.2 Å². The number of fused-ring (bicyclic) bond motifs is 1. The molecule has 0 amide bonds. The van der Waals surface area contributed by atoms with Crippen molar-refractivity contribution in [1.82, 2.24) is 0 Å². The molecule has 0 spiro atoms. The van der Waals surface area contributed by atoms with E-state index in [2.05, 4.69) is 27.7 Å². The van der Waals surface area contributed by atoms with Crippen molar-refractivity contribution in [3.05, 3.63) is 0 Å². The number of ether oxygens (including phenoxy) is 1. The van der Waals surface area contributed by atoms with Gasteiger partial charge >= 0.3 is 0 Å². The van der Waals surface area contributed by atoms with Gasteiger partial charge in [-0.1, -0.05) is 0 Å². The van der Waals surface area contributed by atoms with Gasteiger partial charge in [-0.3, -0.25) is 0 Å². The molecule has 1 aliphatic heterocycles. The predicted octanol–water partition coefficient (Wildman–Crippen LogP) is 2.95. The van der Waals surface area contributed by atoms with Crippen molar-refractivity contribution < 1.29 is 4.74 Å². The van der Waals surface area contributed by atoms with Crippen molar-refractivity contribution in [2.75, 3.05) is 0 Å². The largest absolute Gasteiger partial charge is 0.369 e. The molecule has 2 saturated carbocycles. The molecule has 0 aromatic rings. The topological polar surface area (TPSA) is 35.2 Å². The highest BCUT2D eigenvalue weighted by Gasteiger charge is 2.53. The van der Waals surface area contributed by atoms with Crippen LogP contribution in [0.2, 0.25) is 0 Å². The first-order valence-electron chi connectivity index (χ1n) is 7.24. The van der Waals surface area contributed by atoms with Crippen molar-refractivity contribution in [3.63, 3.8) is 0 Å². The van der Waals surface area contributed by atoms with Crippen LogP contribution in [0.3, 0.4) is 0 Å². The van der Waals surface area contributed by atoms with Crippen LogP contribution in [0.1, 0.15) is 53.4 Å². The number of hydrogen-bond donors (Lipinski definition) is 1. The Bertz CT molecular complexity index is 313. The van der Waals surface area contributed by atoms with E-state index in [1.807, 2.05) is 0 Å². The van der Waals surface area contributed by atoms with Crippen LogP contribution >= 0.6 is 0 Å². The van der Waals surface area contributed by atoms with Crippen molar-refractivity contribution in [2.45, 2.75) is 70.6 Å². The normalized spacial score (nSPS) is 47.8. The van der Waals surface area contributed by atoms with Gasteiger partial charge in [-0.2, -0.15) is 0 Å². The summed E-state index contributed by atoms with van der Waals surface area (Å²) < 4.78 is 6.19. The zero-order valence-corrected chi connectivity index (χ0v) is 11.7. The molecule has 0 aromatic carbocycles. The number of rotatable bonds is 2. The van der Waals surface area contributed by atoms with Crippen LogP contribution in [-0.2, 0) is 4.74 Å². The van der Waals surface area contributed by atoms with Crippen LogP contribution in [0.4, 0.5) is 0 Å². The maximum absolute atomic E-state index is 6.58. The van der Waals surface area contributed by atoms with Crippen molar-refractivity contribution in [1.29, 1.82) is 0 Å². The summed E-state index contributed by atoms with van der Waals surface area (Å²) in [6.45, 7) is 8.85. The van der Waals surface area contributed by atoms with Crippen LogP contribution in [-0.4, -0.2) is 17.2 Å². The fraction of sp³-hybridized carbons (Fsp3) is 1.00. The minimum Gasteiger partial charge on any atom is -0.369 e. The highest BCUT2D eigenvalue weighted by molar-refractivity contribution is 5.05. The van der Waals surface area contributed by atoms with E-state index in [0.29, 0.717) is 12.0 Å². The van der Waals surface area contributed by atoms with Gasteiger partial charge < -0.3 is 10.5 Å². The number of nitrogens with two attached hydrogens (primary N) is 1. The highest BCUT2D eigenvalue weighted by atomic mass is 16.5. The van der Waals surface area contributed by atoms with E-state index in [-0.39, 0.29) is 11.2 Å². The van der Waals surface area contributed by atoms with Gasteiger partial charge in [-0.25, -0.2) is 0 Å². The van der Waals surface area contributed by atoms with E-state index in [4.69, 9.17) is 10.5 Å². The van der Waals surface area contributed by atoms with Gasteiger partial charge in [0.2, 0.25) is 0 Å². The Morgan fingerprint density at radius 3 is 2.12 bits per heavy atom. The molecule has 3 rings (SSSR count). The van der Waals surface area contributed by atoms with Crippen molar-refractivity contribution >= 4 is 0 Å². The third kappa shape index (κ3) is 2.04. The van der Waals surface area contributed by atoms with Gasteiger partial charge in [0.25, 0.3) is 0 Å². The molecular formula is C15H27NO. The van der Waals surface area contributed by atoms with E-state index < -0.39 is 0 Å². The fourth-order valence-corrected chi connectivity index (χ4v) is 4.61. The molecule has 4 atom stereocenters. The molecule has 98 valence electrons. The summed E-state index contributed by atoms with van der Waals surface area (Å²) in [6.07, 6.45) is 5.38. The lowest BCUT2D eigenvalue weighted by molar-refractivity contribution is -0.0782. The molecule has 2 N–H and O–H groups in total. The molecule has 17 heavy (non-hydrogen) atoms. The van der Waals surface area contributed by atoms with Crippen LogP contribution in [0.15, 0.2) is 0 Å². The lowest BCUT2D eigenvalue weighted by Crippen LogP contribution is -2.45. The standard InChI is InChI=1S/C15H27NO/c1-14(2)8-12(15(3,4)17-14)13(16)11-6-9-5-10(9)7-11/h9-13H,5-8,16H2,1-4H3. The molecule has 2 heteroatoms. The second kappa shape index (κ2) is 3.48. The average molecular weight is 237 g/mol. The zero-order valence-electron chi connectivity index (χ0n) is 11.7. The third-order valence-corrected chi connectivity index (χ3v) is 5.43. The van der Waals surface area contributed by atoms with Crippen molar-refractivity contribution in [3.8, 4) is 0 Å². The van der Waals surface area contributed by atoms with E-state index >= 15 is 0 Å². The van der Waals surface area contributed by atoms with E-state index in [1.54, 1.807) is 0 Å². The Kier molecular flexibility index (Phi) is 2.45. The Balaban J connectivity index is 1.70. The third-order valence-electron chi connectivity index (χ3n) is 5.43. The molecule has 0 radical (unpaired) electrons. The van der Waals surface area contributed by atoms with Crippen LogP contribution in [0.5, 0.6) is 0 Å². The Labute approximate surface area is 105 Å². The zero-order chi connectivity index (χ0) is 12.4. The SMILES string of the molecule is CC1(C)CC(C(N)C2CC3CC3C2)C(C)(C)O1. The Hall–Kier alpha value is -0.0800. The predicted molar refractivity (Wildman–Crippen MR) is 69.6 cm³/mol. The molecule has 0 aromatic heterocycles. The summed E-state index contributed by atoms with van der Waals surface area (Å²) in [6, 6.07) is 0.347. The maximum Gasteiger partial charge on any atom is 0.0677 e. The first-order chi connectivity index (χ1) is 7.78. The van der Waals surface area contributed by atoms with E-state index in [9.17, 15) is 0 Å². The quantitative estimate of drug-likeness (QED) is 0.801. The first-order valence-corrected chi connectivity index (χ1v) is 7.24. The lowest BCUT2D eigenvalue weighted by Gasteiger charge is -2.34.